The van der Waals surface area contributed by atoms with Crippen LogP contribution < -0.4 is 5.32 Å². The Morgan fingerprint density at radius 1 is 0.950 bits per heavy atom. The molecule has 1 N–H and O–H groups in total. The summed E-state index contributed by atoms with van der Waals surface area (Å²) in [4.78, 5) is 23.4. The molecule has 2 aromatic carbocycles. The van der Waals surface area contributed by atoms with Crippen LogP contribution >= 0.6 is 11.6 Å². The smallest absolute Gasteiger partial charge is 0.258 e. The van der Waals surface area contributed by atoms with Gasteiger partial charge in [-0.05, 0) is 29.8 Å². The number of nitrogens with one attached hydrogen (secondary N) is 1. The number of benzene rings is 2. The van der Waals surface area contributed by atoms with Crippen molar-refractivity contribution >= 4 is 29.5 Å². The van der Waals surface area contributed by atoms with Crippen molar-refractivity contribution in [1.82, 2.24) is 5.32 Å². The molecule has 100 valence electrons. The summed E-state index contributed by atoms with van der Waals surface area (Å²) in [6.45, 7) is 0. The second-order valence-electron chi connectivity index (χ2n) is 4.04. The second kappa shape index (κ2) is 6.68. The highest BCUT2D eigenvalue weighted by molar-refractivity contribution is 6.32. The van der Waals surface area contributed by atoms with Gasteiger partial charge in [-0.25, -0.2) is 0 Å². The van der Waals surface area contributed by atoms with Crippen molar-refractivity contribution in [3.8, 4) is 0 Å². The third kappa shape index (κ3) is 3.80. The van der Waals surface area contributed by atoms with Crippen LogP contribution in [0.25, 0.3) is 6.08 Å². The maximum Gasteiger partial charge on any atom is 0.258 e. The summed E-state index contributed by atoms with van der Waals surface area (Å²) in [5.74, 6) is -0.918. The van der Waals surface area contributed by atoms with Crippen LogP contribution in [-0.4, -0.2) is 11.8 Å². The van der Waals surface area contributed by atoms with Gasteiger partial charge in [0.25, 0.3) is 11.8 Å². The minimum absolute atomic E-state index is 0.431. The molecule has 2 amide bonds. The third-order valence-electron chi connectivity index (χ3n) is 2.59. The van der Waals surface area contributed by atoms with E-state index in [2.05, 4.69) is 5.32 Å². The van der Waals surface area contributed by atoms with Crippen LogP contribution in [0.5, 0.6) is 0 Å². The lowest BCUT2D eigenvalue weighted by molar-refractivity contribution is -0.115. The van der Waals surface area contributed by atoms with E-state index in [0.717, 1.165) is 5.56 Å². The van der Waals surface area contributed by atoms with E-state index in [1.54, 1.807) is 54.6 Å². The lowest BCUT2D eigenvalue weighted by Crippen LogP contribution is -2.28. The Hall–Kier alpha value is -2.39. The molecule has 3 nitrogen and oxygen atoms in total. The van der Waals surface area contributed by atoms with Gasteiger partial charge in [0.05, 0.1) is 0 Å². The Morgan fingerprint density at radius 2 is 1.60 bits per heavy atom. The van der Waals surface area contributed by atoms with E-state index in [-0.39, 0.29) is 0 Å². The fourth-order valence-corrected chi connectivity index (χ4v) is 1.79. The zero-order chi connectivity index (χ0) is 14.4. The van der Waals surface area contributed by atoms with Crippen molar-refractivity contribution in [3.63, 3.8) is 0 Å². The highest BCUT2D eigenvalue weighted by Gasteiger charge is 2.07. The summed E-state index contributed by atoms with van der Waals surface area (Å²) in [6.07, 6.45) is 2.85. The molecule has 0 saturated carbocycles. The van der Waals surface area contributed by atoms with Gasteiger partial charge in [-0.2, -0.15) is 0 Å². The maximum absolute atomic E-state index is 11.7. The number of imide groups is 1. The molecule has 0 aromatic heterocycles. The predicted molar refractivity (Wildman–Crippen MR) is 79.4 cm³/mol. The van der Waals surface area contributed by atoms with Crippen molar-refractivity contribution < 1.29 is 9.59 Å². The van der Waals surface area contributed by atoms with Crippen LogP contribution in [0.15, 0.2) is 60.7 Å². The average molecular weight is 286 g/mol. The quantitative estimate of drug-likeness (QED) is 0.880. The first-order chi connectivity index (χ1) is 9.66. The molecule has 4 heteroatoms. The first-order valence-corrected chi connectivity index (χ1v) is 6.37. The summed E-state index contributed by atoms with van der Waals surface area (Å²) in [5.41, 5.74) is 1.16. The molecule has 0 fully saturated rings. The van der Waals surface area contributed by atoms with E-state index >= 15 is 0 Å². The molecule has 0 unspecified atom stereocenters. The molecule has 0 atom stereocenters. The van der Waals surface area contributed by atoms with Crippen molar-refractivity contribution in [1.29, 1.82) is 0 Å². The van der Waals surface area contributed by atoms with E-state index in [1.165, 1.54) is 6.08 Å². The lowest BCUT2D eigenvalue weighted by Gasteiger charge is -2.01. The van der Waals surface area contributed by atoms with E-state index < -0.39 is 11.8 Å². The fourth-order valence-electron chi connectivity index (χ4n) is 1.59. The molecule has 0 radical (unpaired) electrons. The van der Waals surface area contributed by atoms with E-state index in [0.29, 0.717) is 10.6 Å². The van der Waals surface area contributed by atoms with Gasteiger partial charge in [0, 0.05) is 16.7 Å². The van der Waals surface area contributed by atoms with E-state index in [4.69, 9.17) is 11.6 Å². The van der Waals surface area contributed by atoms with Crippen molar-refractivity contribution in [2.24, 2.45) is 0 Å². The zero-order valence-corrected chi connectivity index (χ0v) is 11.3. The summed E-state index contributed by atoms with van der Waals surface area (Å²) >= 11 is 5.96. The van der Waals surface area contributed by atoms with Crippen LogP contribution in [-0.2, 0) is 4.79 Å². The highest BCUT2D eigenvalue weighted by Crippen LogP contribution is 2.15. The number of amides is 2. The summed E-state index contributed by atoms with van der Waals surface area (Å²) in [7, 11) is 0. The first kappa shape index (κ1) is 14.0. The molecule has 0 aliphatic carbocycles. The summed E-state index contributed by atoms with van der Waals surface area (Å²) in [5, 5.41) is 2.83. The van der Waals surface area contributed by atoms with Crippen LogP contribution in [0.1, 0.15) is 15.9 Å². The van der Waals surface area contributed by atoms with Crippen LogP contribution in [0, 0.1) is 0 Å². The molecule has 20 heavy (non-hydrogen) atoms. The number of hydrogen-bond acceptors (Lipinski definition) is 2. The molecule has 0 saturated heterocycles. The zero-order valence-electron chi connectivity index (χ0n) is 10.5. The monoisotopic (exact) mass is 285 g/mol. The lowest BCUT2D eigenvalue weighted by atomic mass is 10.2. The standard InChI is InChI=1S/C16H12ClNO2/c17-14-9-5-4-6-12(14)10-11-15(19)18-16(20)13-7-2-1-3-8-13/h1-11H,(H,18,19,20)/b11-10+. The Kier molecular flexibility index (Phi) is 4.69. The largest absolute Gasteiger partial charge is 0.289 e. The molecule has 2 rings (SSSR count). The minimum Gasteiger partial charge on any atom is -0.289 e. The van der Waals surface area contributed by atoms with Gasteiger partial charge >= 0.3 is 0 Å². The van der Waals surface area contributed by atoms with Gasteiger partial charge in [0.15, 0.2) is 0 Å². The topological polar surface area (TPSA) is 46.2 Å². The molecule has 0 aliphatic heterocycles. The molecule has 0 bridgehead atoms. The summed E-state index contributed by atoms with van der Waals surface area (Å²) < 4.78 is 0. The normalized spacial score (nSPS) is 10.4. The Bertz CT molecular complexity index is 651. The average Bonchev–Trinajstić information content (AvgIpc) is 2.47. The Balaban J connectivity index is 2.00. The number of halogens is 1. The fraction of sp³-hybridized carbons (Fsp3) is 0. The molecular formula is C16H12ClNO2. The van der Waals surface area contributed by atoms with Crippen molar-refractivity contribution in [2.45, 2.75) is 0 Å². The van der Waals surface area contributed by atoms with Crippen molar-refractivity contribution in [3.05, 3.63) is 76.8 Å². The Morgan fingerprint density at radius 3 is 2.30 bits per heavy atom. The van der Waals surface area contributed by atoms with Crippen LogP contribution in [0.4, 0.5) is 0 Å². The van der Waals surface area contributed by atoms with Gasteiger partial charge in [-0.15, -0.1) is 0 Å². The summed E-state index contributed by atoms with van der Waals surface area (Å²) in [6, 6.07) is 15.7. The maximum atomic E-state index is 11.7. The number of carbonyl (C=O) groups is 2. The van der Waals surface area contributed by atoms with E-state index in [1.807, 2.05) is 6.07 Å². The van der Waals surface area contributed by atoms with Gasteiger partial charge in [-0.1, -0.05) is 48.0 Å². The first-order valence-electron chi connectivity index (χ1n) is 6.00. The molecule has 0 aliphatic rings. The van der Waals surface area contributed by atoms with Gasteiger partial charge in [0.1, 0.15) is 0 Å². The second-order valence-corrected chi connectivity index (χ2v) is 4.45. The van der Waals surface area contributed by atoms with E-state index in [9.17, 15) is 9.59 Å². The number of rotatable bonds is 3. The highest BCUT2D eigenvalue weighted by atomic mass is 35.5. The SMILES string of the molecule is O=C(/C=C/c1ccccc1Cl)NC(=O)c1ccccc1. The van der Waals surface area contributed by atoms with Gasteiger partial charge in [-0.3, -0.25) is 14.9 Å². The number of hydrogen-bond donors (Lipinski definition) is 1. The van der Waals surface area contributed by atoms with Crippen LogP contribution in [0.2, 0.25) is 5.02 Å². The number of carbonyl (C=O) groups excluding carboxylic acids is 2. The Labute approximate surface area is 121 Å². The van der Waals surface area contributed by atoms with Gasteiger partial charge in [0.2, 0.25) is 0 Å². The third-order valence-corrected chi connectivity index (χ3v) is 2.94. The van der Waals surface area contributed by atoms with Crippen LogP contribution in [0.3, 0.4) is 0 Å². The van der Waals surface area contributed by atoms with Crippen molar-refractivity contribution in [2.75, 3.05) is 0 Å². The molecule has 2 aromatic rings. The van der Waals surface area contributed by atoms with Gasteiger partial charge < -0.3 is 0 Å². The minimum atomic E-state index is -0.487. The predicted octanol–water partition coefficient (Wildman–Crippen LogP) is 3.31. The molecule has 0 spiro atoms. The molecular weight excluding hydrogens is 274 g/mol. The molecule has 0 heterocycles.